The Morgan fingerprint density at radius 2 is 1.88 bits per heavy atom. The zero-order valence-electron chi connectivity index (χ0n) is 10.4. The fraction of sp³-hybridized carbons (Fsp3) is 0.214. The summed E-state index contributed by atoms with van der Waals surface area (Å²) < 4.78 is 0. The predicted molar refractivity (Wildman–Crippen MR) is 79.0 cm³/mol. The van der Waals surface area contributed by atoms with E-state index in [4.69, 9.17) is 0 Å². The van der Waals surface area contributed by atoms with Crippen molar-refractivity contribution in [1.29, 1.82) is 0 Å². The topological polar surface area (TPSA) is 28.7 Å². The lowest BCUT2D eigenvalue weighted by Gasteiger charge is -1.99. The number of rotatable bonds is 0. The normalized spacial score (nSPS) is 10.4. The third kappa shape index (κ3) is 2.18. The van der Waals surface area contributed by atoms with Gasteiger partial charge >= 0.3 is 0 Å². The van der Waals surface area contributed by atoms with E-state index >= 15 is 0 Å². The largest absolute Gasteiger partial charge is 0.339 e. The molecule has 3 heteroatoms. The van der Waals surface area contributed by atoms with Crippen molar-refractivity contribution in [2.45, 2.75) is 20.8 Å². The average Bonchev–Trinajstić information content (AvgIpc) is 2.72. The number of hydrogen-bond acceptors (Lipinski definition) is 1. The van der Waals surface area contributed by atoms with Crippen LogP contribution < -0.4 is 5.57 Å². The van der Waals surface area contributed by atoms with Crippen LogP contribution in [0.1, 0.15) is 19.4 Å². The minimum absolute atomic E-state index is 0.887. The van der Waals surface area contributed by atoms with Gasteiger partial charge in [-0.3, -0.25) is 0 Å². The molecule has 0 saturated carbocycles. The minimum Gasteiger partial charge on any atom is -0.339 e. The zero-order chi connectivity index (χ0) is 12.4. The first-order chi connectivity index (χ1) is 8.24. The van der Waals surface area contributed by atoms with E-state index in [1.54, 1.807) is 0 Å². The van der Waals surface area contributed by atoms with Crippen LogP contribution in [0.5, 0.6) is 0 Å². The van der Waals surface area contributed by atoms with Crippen LogP contribution in [0.2, 0.25) is 0 Å². The van der Waals surface area contributed by atoms with Gasteiger partial charge in [0.05, 0.1) is 11.0 Å². The van der Waals surface area contributed by atoms with Gasteiger partial charge in [0.25, 0.3) is 0 Å². The fourth-order valence-corrected chi connectivity index (χ4v) is 2.23. The number of H-pyrrole nitrogens is 1. The summed E-state index contributed by atoms with van der Waals surface area (Å²) in [7, 11) is 2.60. The van der Waals surface area contributed by atoms with Gasteiger partial charge in [-0.2, -0.15) is 0 Å². The number of imidazole rings is 1. The molecule has 0 bridgehead atoms. The highest BCUT2D eigenvalue weighted by Crippen LogP contribution is 2.23. The maximum absolute atomic E-state index is 4.48. The molecule has 0 radical (unpaired) electrons. The monoisotopic (exact) mass is 244 g/mol. The number of hydrogen-bond donors (Lipinski definition) is 1. The van der Waals surface area contributed by atoms with Crippen LogP contribution in [0, 0.1) is 6.92 Å². The summed E-state index contributed by atoms with van der Waals surface area (Å²) in [4.78, 5) is 7.70. The van der Waals surface area contributed by atoms with Gasteiger partial charge in [-0.1, -0.05) is 52.9 Å². The first-order valence-electron chi connectivity index (χ1n) is 5.88. The average molecular weight is 244 g/mol. The Morgan fingerprint density at radius 3 is 2.65 bits per heavy atom. The molecular weight excluding hydrogens is 227 g/mol. The summed E-state index contributed by atoms with van der Waals surface area (Å²) in [5, 5.41) is 2.46. The molecule has 0 fully saturated rings. The molecule has 1 N–H and O–H groups in total. The van der Waals surface area contributed by atoms with E-state index in [2.05, 4.69) is 56.5 Å². The number of aromatic amines is 1. The molecule has 1 heterocycles. The van der Waals surface area contributed by atoms with Gasteiger partial charge in [-0.15, -0.1) is 0 Å². The van der Waals surface area contributed by atoms with Crippen LogP contribution in [-0.4, -0.2) is 9.97 Å². The van der Waals surface area contributed by atoms with Crippen molar-refractivity contribution in [1.82, 2.24) is 9.97 Å². The zero-order valence-corrected chi connectivity index (χ0v) is 11.6. The third-order valence-corrected chi connectivity index (χ3v) is 2.92. The lowest BCUT2D eigenvalue weighted by molar-refractivity contribution is 1.45. The first-order valence-corrected chi connectivity index (χ1v) is 6.46. The van der Waals surface area contributed by atoms with Crippen molar-refractivity contribution in [2.75, 3.05) is 0 Å². The van der Waals surface area contributed by atoms with E-state index in [0.717, 1.165) is 16.6 Å². The van der Waals surface area contributed by atoms with Gasteiger partial charge < -0.3 is 4.98 Å². The smallest absolute Gasteiger partial charge is 0.123 e. The van der Waals surface area contributed by atoms with Gasteiger partial charge in [0, 0.05) is 5.39 Å². The van der Waals surface area contributed by atoms with Crippen molar-refractivity contribution in [3.8, 4) is 0 Å². The molecule has 0 saturated heterocycles. The second-order valence-corrected chi connectivity index (χ2v) is 4.36. The summed E-state index contributed by atoms with van der Waals surface area (Å²) in [6.45, 7) is 6.11. The molecule has 3 aromatic rings. The van der Waals surface area contributed by atoms with Gasteiger partial charge in [0.2, 0.25) is 0 Å². The van der Waals surface area contributed by atoms with Crippen LogP contribution in [0.15, 0.2) is 30.3 Å². The van der Waals surface area contributed by atoms with E-state index < -0.39 is 0 Å². The van der Waals surface area contributed by atoms with Gasteiger partial charge in [-0.25, -0.2) is 4.98 Å². The molecule has 1 unspecified atom stereocenters. The quantitative estimate of drug-likeness (QED) is 0.602. The predicted octanol–water partition coefficient (Wildman–Crippen LogP) is 3.55. The molecule has 88 valence electrons. The van der Waals surface area contributed by atoms with Crippen molar-refractivity contribution in [3.63, 3.8) is 0 Å². The SMILES string of the molecule is CC.Cc1ccc2c(ccc3[nH]c(P)nc32)c1. The summed E-state index contributed by atoms with van der Waals surface area (Å²) in [5.74, 6) is 0. The van der Waals surface area contributed by atoms with E-state index in [-0.39, 0.29) is 0 Å². The van der Waals surface area contributed by atoms with Crippen molar-refractivity contribution in [2.24, 2.45) is 0 Å². The number of nitrogens with one attached hydrogen (secondary N) is 1. The molecule has 2 aromatic carbocycles. The van der Waals surface area contributed by atoms with Gasteiger partial charge in [-0.05, 0) is 18.4 Å². The standard InChI is InChI=1S/C12H11N2P.C2H6/c1-7-2-4-9-8(6-7)3-5-10-11(9)14-12(15)13-10;1-2/h2-6H,15H2,1H3,(H,13,14);1-2H3. The summed E-state index contributed by atoms with van der Waals surface area (Å²) >= 11 is 0. The van der Waals surface area contributed by atoms with Crippen molar-refractivity contribution in [3.05, 3.63) is 35.9 Å². The van der Waals surface area contributed by atoms with Gasteiger partial charge in [0.15, 0.2) is 0 Å². The molecule has 0 amide bonds. The maximum atomic E-state index is 4.48. The van der Waals surface area contributed by atoms with Crippen molar-refractivity contribution < 1.29 is 0 Å². The third-order valence-electron chi connectivity index (χ3n) is 2.64. The Morgan fingerprint density at radius 1 is 1.12 bits per heavy atom. The Kier molecular flexibility index (Phi) is 3.44. The minimum atomic E-state index is 0.887. The Bertz CT molecular complexity index is 656. The molecule has 3 rings (SSSR count). The number of aryl methyl sites for hydroxylation is 1. The number of fused-ring (bicyclic) bond motifs is 3. The van der Waals surface area contributed by atoms with E-state index in [1.165, 1.54) is 16.3 Å². The number of nitrogens with zero attached hydrogens (tertiary/aromatic N) is 1. The summed E-state index contributed by atoms with van der Waals surface area (Å²) in [6.07, 6.45) is 0. The molecule has 0 aliphatic rings. The molecular formula is C14H17N2P. The van der Waals surface area contributed by atoms with Gasteiger partial charge in [0.1, 0.15) is 5.57 Å². The van der Waals surface area contributed by atoms with E-state index in [9.17, 15) is 0 Å². The first kappa shape index (κ1) is 12.1. The second-order valence-electron chi connectivity index (χ2n) is 3.81. The fourth-order valence-electron chi connectivity index (χ4n) is 1.94. The molecule has 17 heavy (non-hydrogen) atoms. The lowest BCUT2D eigenvalue weighted by Crippen LogP contribution is -1.91. The maximum Gasteiger partial charge on any atom is 0.123 e. The summed E-state index contributed by atoms with van der Waals surface area (Å²) in [6, 6.07) is 10.7. The Hall–Kier alpha value is -1.40. The molecule has 0 aliphatic heterocycles. The van der Waals surface area contributed by atoms with Crippen LogP contribution >= 0.6 is 9.24 Å². The second kappa shape index (κ2) is 4.85. The Balaban J connectivity index is 0.000000514. The highest BCUT2D eigenvalue weighted by Gasteiger charge is 2.04. The molecule has 0 spiro atoms. The van der Waals surface area contributed by atoms with E-state index in [0.29, 0.717) is 0 Å². The van der Waals surface area contributed by atoms with Crippen LogP contribution in [0.3, 0.4) is 0 Å². The summed E-state index contributed by atoms with van der Waals surface area (Å²) in [5.41, 5.74) is 4.32. The molecule has 1 atom stereocenters. The number of aromatic nitrogens is 2. The van der Waals surface area contributed by atoms with Crippen molar-refractivity contribution >= 4 is 36.6 Å². The lowest BCUT2D eigenvalue weighted by atomic mass is 10.1. The van der Waals surface area contributed by atoms with E-state index in [1.807, 2.05) is 13.8 Å². The highest BCUT2D eigenvalue weighted by atomic mass is 31.0. The molecule has 0 aliphatic carbocycles. The molecule has 2 nitrogen and oxygen atoms in total. The van der Waals surface area contributed by atoms with Crippen LogP contribution in [-0.2, 0) is 0 Å². The number of benzene rings is 2. The Labute approximate surface area is 104 Å². The molecule has 1 aromatic heterocycles. The van der Waals surface area contributed by atoms with Crippen LogP contribution in [0.25, 0.3) is 21.8 Å². The van der Waals surface area contributed by atoms with Crippen LogP contribution in [0.4, 0.5) is 0 Å². The highest BCUT2D eigenvalue weighted by molar-refractivity contribution is 7.26.